The summed E-state index contributed by atoms with van der Waals surface area (Å²) in [5.74, 6) is -0.574. The van der Waals surface area contributed by atoms with E-state index in [0.717, 1.165) is 12.1 Å². The Balaban J connectivity index is 1.49. The van der Waals surface area contributed by atoms with Gasteiger partial charge in [0, 0.05) is 23.4 Å². The molecule has 3 N–H and O–H groups in total. The Morgan fingerprint density at radius 1 is 0.636 bits per heavy atom. The zero-order chi connectivity index (χ0) is 23.3. The molecule has 6 nitrogen and oxygen atoms in total. The van der Waals surface area contributed by atoms with Crippen molar-refractivity contribution < 1.29 is 14.4 Å². The standard InChI is InChI=1S/C27H29N3O3/c31-25(28-22-15-7-2-8-16-22)20-12-4-11-19-24(27(33)29-23-17-9-3-10-18-23)30-26(32)21-13-5-1-6-14-21/h1-3,5-10,13-18,24H,4,11-12,19-20H2,(H,28,31)(H,29,33)(H,30,32). The monoisotopic (exact) mass is 443 g/mol. The second-order valence-electron chi connectivity index (χ2n) is 7.76. The maximum Gasteiger partial charge on any atom is 0.251 e. The van der Waals surface area contributed by atoms with Crippen LogP contribution in [-0.4, -0.2) is 23.8 Å². The zero-order valence-corrected chi connectivity index (χ0v) is 18.5. The summed E-state index contributed by atoms with van der Waals surface area (Å²) in [6, 6.07) is 26.7. The number of nitrogens with one attached hydrogen (secondary N) is 3. The molecule has 6 heteroatoms. The van der Waals surface area contributed by atoms with Gasteiger partial charge >= 0.3 is 0 Å². The number of rotatable bonds is 11. The van der Waals surface area contributed by atoms with Crippen molar-refractivity contribution in [2.75, 3.05) is 10.6 Å². The van der Waals surface area contributed by atoms with Crippen molar-refractivity contribution in [2.24, 2.45) is 0 Å². The Labute approximate surface area is 194 Å². The van der Waals surface area contributed by atoms with Crippen molar-refractivity contribution in [1.82, 2.24) is 5.32 Å². The lowest BCUT2D eigenvalue weighted by Gasteiger charge is -2.18. The van der Waals surface area contributed by atoms with Gasteiger partial charge in [-0.05, 0) is 49.2 Å². The number of hydrogen-bond donors (Lipinski definition) is 3. The molecule has 0 spiro atoms. The van der Waals surface area contributed by atoms with Crippen molar-refractivity contribution in [3.05, 3.63) is 96.6 Å². The minimum Gasteiger partial charge on any atom is -0.340 e. The first-order valence-electron chi connectivity index (χ1n) is 11.2. The van der Waals surface area contributed by atoms with Gasteiger partial charge in [-0.15, -0.1) is 0 Å². The molecule has 0 aromatic heterocycles. The van der Waals surface area contributed by atoms with Gasteiger partial charge in [0.15, 0.2) is 0 Å². The maximum absolute atomic E-state index is 12.9. The number of anilines is 2. The molecule has 3 aromatic rings. The summed E-state index contributed by atoms with van der Waals surface area (Å²) < 4.78 is 0. The molecule has 170 valence electrons. The van der Waals surface area contributed by atoms with Gasteiger partial charge < -0.3 is 16.0 Å². The summed E-state index contributed by atoms with van der Waals surface area (Å²) in [7, 11) is 0. The molecule has 3 rings (SSSR count). The second-order valence-corrected chi connectivity index (χ2v) is 7.76. The van der Waals surface area contributed by atoms with E-state index in [9.17, 15) is 14.4 Å². The summed E-state index contributed by atoms with van der Waals surface area (Å²) in [5, 5.41) is 8.59. The van der Waals surface area contributed by atoms with E-state index in [-0.39, 0.29) is 17.7 Å². The highest BCUT2D eigenvalue weighted by atomic mass is 16.2. The molecule has 0 bridgehead atoms. The van der Waals surface area contributed by atoms with E-state index in [1.807, 2.05) is 54.6 Å². The molecule has 3 amide bonds. The Morgan fingerprint density at radius 2 is 1.18 bits per heavy atom. The lowest BCUT2D eigenvalue weighted by molar-refractivity contribution is -0.118. The third-order valence-electron chi connectivity index (χ3n) is 5.15. The van der Waals surface area contributed by atoms with Gasteiger partial charge in [-0.3, -0.25) is 14.4 Å². The van der Waals surface area contributed by atoms with Crippen LogP contribution in [0.4, 0.5) is 11.4 Å². The van der Waals surface area contributed by atoms with E-state index < -0.39 is 6.04 Å². The number of carbonyl (C=O) groups is 3. The molecule has 33 heavy (non-hydrogen) atoms. The van der Waals surface area contributed by atoms with E-state index in [1.165, 1.54) is 0 Å². The highest BCUT2D eigenvalue weighted by molar-refractivity contribution is 6.01. The average molecular weight is 444 g/mol. The maximum atomic E-state index is 12.9. The van der Waals surface area contributed by atoms with Crippen molar-refractivity contribution in [1.29, 1.82) is 0 Å². The van der Waals surface area contributed by atoms with Crippen molar-refractivity contribution in [2.45, 2.75) is 38.1 Å². The lowest BCUT2D eigenvalue weighted by Crippen LogP contribution is -2.43. The summed E-state index contributed by atoms with van der Waals surface area (Å²) in [6.45, 7) is 0. The number of benzene rings is 3. The smallest absolute Gasteiger partial charge is 0.251 e. The van der Waals surface area contributed by atoms with Crippen LogP contribution in [0.1, 0.15) is 42.5 Å². The van der Waals surface area contributed by atoms with E-state index in [4.69, 9.17) is 0 Å². The molecular formula is C27H29N3O3. The van der Waals surface area contributed by atoms with E-state index in [2.05, 4.69) is 16.0 Å². The minimum atomic E-state index is -0.670. The van der Waals surface area contributed by atoms with Crippen molar-refractivity contribution in [3.8, 4) is 0 Å². The van der Waals surface area contributed by atoms with Gasteiger partial charge in [-0.1, -0.05) is 67.4 Å². The summed E-state index contributed by atoms with van der Waals surface area (Å²) >= 11 is 0. The minimum absolute atomic E-state index is 0.0306. The third kappa shape index (κ3) is 8.26. The predicted octanol–water partition coefficient (Wildman–Crippen LogP) is 5.01. The van der Waals surface area contributed by atoms with Crippen LogP contribution in [0.2, 0.25) is 0 Å². The Kier molecular flexibility index (Phi) is 9.21. The molecule has 1 atom stereocenters. The van der Waals surface area contributed by atoms with E-state index in [0.29, 0.717) is 36.9 Å². The molecule has 0 saturated heterocycles. The lowest BCUT2D eigenvalue weighted by atomic mass is 10.0. The van der Waals surface area contributed by atoms with Crippen molar-refractivity contribution >= 4 is 29.1 Å². The number of carbonyl (C=O) groups excluding carboxylic acids is 3. The van der Waals surface area contributed by atoms with Gasteiger partial charge in [0.05, 0.1) is 0 Å². The predicted molar refractivity (Wildman–Crippen MR) is 131 cm³/mol. The zero-order valence-electron chi connectivity index (χ0n) is 18.5. The van der Waals surface area contributed by atoms with Gasteiger partial charge in [0.1, 0.15) is 6.04 Å². The Bertz CT molecular complexity index is 1020. The fourth-order valence-electron chi connectivity index (χ4n) is 3.41. The molecule has 0 saturated carbocycles. The van der Waals surface area contributed by atoms with Gasteiger partial charge in [0.2, 0.25) is 11.8 Å². The van der Waals surface area contributed by atoms with Gasteiger partial charge in [-0.2, -0.15) is 0 Å². The normalized spacial score (nSPS) is 11.3. The van der Waals surface area contributed by atoms with E-state index in [1.54, 1.807) is 36.4 Å². The number of hydrogen-bond acceptors (Lipinski definition) is 3. The fraction of sp³-hybridized carbons (Fsp3) is 0.222. The van der Waals surface area contributed by atoms with Crippen LogP contribution in [0.5, 0.6) is 0 Å². The highest BCUT2D eigenvalue weighted by Crippen LogP contribution is 2.12. The fourth-order valence-corrected chi connectivity index (χ4v) is 3.41. The quantitative estimate of drug-likeness (QED) is 0.364. The van der Waals surface area contributed by atoms with Gasteiger partial charge in [-0.25, -0.2) is 0 Å². The third-order valence-corrected chi connectivity index (χ3v) is 5.15. The number of para-hydroxylation sites is 2. The van der Waals surface area contributed by atoms with Crippen LogP contribution < -0.4 is 16.0 Å². The van der Waals surface area contributed by atoms with Crippen molar-refractivity contribution in [3.63, 3.8) is 0 Å². The molecule has 0 aliphatic carbocycles. The van der Waals surface area contributed by atoms with Crippen LogP contribution >= 0.6 is 0 Å². The van der Waals surface area contributed by atoms with Gasteiger partial charge in [0.25, 0.3) is 5.91 Å². The average Bonchev–Trinajstić information content (AvgIpc) is 2.84. The highest BCUT2D eigenvalue weighted by Gasteiger charge is 2.21. The molecule has 0 radical (unpaired) electrons. The van der Waals surface area contributed by atoms with Crippen LogP contribution in [0.25, 0.3) is 0 Å². The molecule has 0 heterocycles. The molecule has 0 aliphatic rings. The second kappa shape index (κ2) is 12.8. The molecule has 1 unspecified atom stereocenters. The number of unbranched alkanes of at least 4 members (excludes halogenated alkanes) is 2. The first-order chi connectivity index (χ1) is 16.1. The van der Waals surface area contributed by atoms with E-state index >= 15 is 0 Å². The Hall–Kier alpha value is -3.93. The van der Waals surface area contributed by atoms with Crippen LogP contribution in [0, 0.1) is 0 Å². The first-order valence-corrected chi connectivity index (χ1v) is 11.2. The molecule has 0 aliphatic heterocycles. The Morgan fingerprint density at radius 3 is 1.79 bits per heavy atom. The van der Waals surface area contributed by atoms with Crippen LogP contribution in [0.3, 0.4) is 0 Å². The largest absolute Gasteiger partial charge is 0.340 e. The topological polar surface area (TPSA) is 87.3 Å². The summed E-state index contributed by atoms with van der Waals surface area (Å²) in [4.78, 5) is 37.6. The SMILES string of the molecule is O=C(CCCCCC(NC(=O)c1ccccc1)C(=O)Nc1ccccc1)Nc1ccccc1. The molecule has 0 fully saturated rings. The van der Waals surface area contributed by atoms with Crippen LogP contribution in [-0.2, 0) is 9.59 Å². The molecule has 3 aromatic carbocycles. The van der Waals surface area contributed by atoms with Crippen LogP contribution in [0.15, 0.2) is 91.0 Å². The molecular weight excluding hydrogens is 414 g/mol. The number of amides is 3. The summed E-state index contributed by atoms with van der Waals surface area (Å²) in [6.07, 6.45) is 3.08. The first kappa shape index (κ1) is 23.7. The summed E-state index contributed by atoms with van der Waals surface area (Å²) in [5.41, 5.74) is 1.97.